The first-order chi connectivity index (χ1) is 8.58. The van der Waals surface area contributed by atoms with Gasteiger partial charge in [0.1, 0.15) is 6.10 Å². The number of hydrogen-bond acceptors (Lipinski definition) is 5. The summed E-state index contributed by atoms with van der Waals surface area (Å²) < 4.78 is 5.34. The molecule has 1 aliphatic heterocycles. The van der Waals surface area contributed by atoms with Crippen LogP contribution in [0.2, 0.25) is 0 Å². The highest BCUT2D eigenvalue weighted by Crippen LogP contribution is 2.39. The number of ether oxygens (including phenoxy) is 1. The molecule has 1 saturated heterocycles. The molecule has 1 fully saturated rings. The van der Waals surface area contributed by atoms with Crippen LogP contribution < -0.4 is 0 Å². The van der Waals surface area contributed by atoms with Gasteiger partial charge >= 0.3 is 11.9 Å². The summed E-state index contributed by atoms with van der Waals surface area (Å²) in [5, 5.41) is 1.71. The average Bonchev–Trinajstić information content (AvgIpc) is 2.22. The number of rotatable bonds is 3. The van der Waals surface area contributed by atoms with Crippen molar-refractivity contribution < 1.29 is 19.2 Å². The predicted octanol–water partition coefficient (Wildman–Crippen LogP) is 2.22. The van der Waals surface area contributed by atoms with E-state index in [-0.39, 0.29) is 12.1 Å². The van der Waals surface area contributed by atoms with Crippen molar-refractivity contribution in [3.63, 3.8) is 0 Å². The number of carbonyl (C=O) groups excluding carboxylic acids is 2. The molecule has 0 saturated carbocycles. The van der Waals surface area contributed by atoms with Crippen LogP contribution in [0.25, 0.3) is 0 Å². The Morgan fingerprint density at radius 3 is 2.05 bits per heavy atom. The normalized spacial score (nSPS) is 22.6. The van der Waals surface area contributed by atoms with Crippen LogP contribution in [0.1, 0.15) is 47.5 Å². The number of piperidine rings is 1. The van der Waals surface area contributed by atoms with E-state index in [0.717, 1.165) is 0 Å². The maximum atomic E-state index is 11.3. The monoisotopic (exact) mass is 269 g/mol. The summed E-state index contributed by atoms with van der Waals surface area (Å²) in [7, 11) is 0. The molecule has 5 heteroatoms. The Morgan fingerprint density at radius 1 is 1.21 bits per heavy atom. The summed E-state index contributed by atoms with van der Waals surface area (Å²) in [5.74, 6) is -0.764. The Kier molecular flexibility index (Phi) is 4.40. The minimum Gasteiger partial charge on any atom is -0.459 e. The molecule has 1 rings (SSSR count). The van der Waals surface area contributed by atoms with E-state index < -0.39 is 17.0 Å². The largest absolute Gasteiger partial charge is 0.459 e. The van der Waals surface area contributed by atoms with E-state index in [1.54, 1.807) is 5.06 Å². The fourth-order valence-corrected chi connectivity index (χ4v) is 2.84. The molecule has 0 N–H and O–H groups in total. The molecular weight excluding hydrogens is 246 g/mol. The van der Waals surface area contributed by atoms with Crippen LogP contribution >= 0.6 is 0 Å². The van der Waals surface area contributed by atoms with Crippen LogP contribution in [0.3, 0.4) is 0 Å². The lowest BCUT2D eigenvalue weighted by Crippen LogP contribution is -2.62. The zero-order chi connectivity index (χ0) is 14.8. The van der Waals surface area contributed by atoms with Crippen LogP contribution in [0.15, 0.2) is 12.7 Å². The number of hydroxylamine groups is 2. The van der Waals surface area contributed by atoms with Gasteiger partial charge in [0.2, 0.25) is 0 Å². The summed E-state index contributed by atoms with van der Waals surface area (Å²) in [6.45, 7) is 12.6. The lowest BCUT2D eigenvalue weighted by molar-refractivity contribution is -0.275. The molecule has 0 unspecified atom stereocenters. The third-order valence-electron chi connectivity index (χ3n) is 3.22. The minimum absolute atomic E-state index is 0.206. The van der Waals surface area contributed by atoms with Crippen molar-refractivity contribution >= 4 is 11.9 Å². The topological polar surface area (TPSA) is 55.8 Å². The Balaban J connectivity index is 2.89. The second kappa shape index (κ2) is 5.33. The molecule has 0 atom stereocenters. The Hall–Kier alpha value is -1.36. The van der Waals surface area contributed by atoms with Crippen molar-refractivity contribution in [3.05, 3.63) is 12.7 Å². The van der Waals surface area contributed by atoms with Gasteiger partial charge in [0.25, 0.3) is 0 Å². The number of esters is 1. The summed E-state index contributed by atoms with van der Waals surface area (Å²) >= 11 is 0. The van der Waals surface area contributed by atoms with Crippen LogP contribution in [0.5, 0.6) is 0 Å². The van der Waals surface area contributed by atoms with E-state index in [4.69, 9.17) is 9.57 Å². The van der Waals surface area contributed by atoms with Crippen molar-refractivity contribution in [2.24, 2.45) is 0 Å². The first-order valence-corrected chi connectivity index (χ1v) is 6.40. The highest BCUT2D eigenvalue weighted by Gasteiger charge is 2.49. The van der Waals surface area contributed by atoms with E-state index >= 15 is 0 Å². The molecular formula is C14H23NO4. The first kappa shape index (κ1) is 15.7. The smallest absolute Gasteiger partial charge is 0.330 e. The molecule has 0 aromatic carbocycles. The molecule has 108 valence electrons. The zero-order valence-electron chi connectivity index (χ0n) is 12.4. The van der Waals surface area contributed by atoms with Crippen LogP contribution in [0.4, 0.5) is 0 Å². The molecule has 0 spiro atoms. The molecule has 0 bridgehead atoms. The molecule has 19 heavy (non-hydrogen) atoms. The average molecular weight is 269 g/mol. The van der Waals surface area contributed by atoms with Crippen LogP contribution in [0, 0.1) is 0 Å². The van der Waals surface area contributed by atoms with Gasteiger partial charge in [0.05, 0.1) is 11.1 Å². The van der Waals surface area contributed by atoms with Crippen molar-refractivity contribution in [1.82, 2.24) is 5.06 Å². The maximum absolute atomic E-state index is 11.3. The van der Waals surface area contributed by atoms with Gasteiger partial charge in [-0.2, -0.15) is 0 Å². The van der Waals surface area contributed by atoms with Crippen molar-refractivity contribution in [1.29, 1.82) is 0 Å². The molecule has 1 heterocycles. The predicted molar refractivity (Wildman–Crippen MR) is 71.1 cm³/mol. The quantitative estimate of drug-likeness (QED) is 0.581. The third kappa shape index (κ3) is 3.80. The van der Waals surface area contributed by atoms with Gasteiger partial charge < -0.3 is 9.57 Å². The van der Waals surface area contributed by atoms with Crippen molar-refractivity contribution in [2.75, 3.05) is 0 Å². The molecule has 5 nitrogen and oxygen atoms in total. The Bertz CT molecular complexity index is 369. The highest BCUT2D eigenvalue weighted by atomic mass is 16.7. The van der Waals surface area contributed by atoms with Crippen molar-refractivity contribution in [2.45, 2.75) is 64.6 Å². The van der Waals surface area contributed by atoms with Crippen LogP contribution in [-0.4, -0.2) is 34.2 Å². The zero-order valence-corrected chi connectivity index (χ0v) is 12.4. The SMILES string of the molecule is C=CC(=O)OC1CC(C)(C)N(OC(C)=O)C(C)(C)C1. The summed E-state index contributed by atoms with van der Waals surface area (Å²) in [6.07, 6.45) is 2.16. The fraction of sp³-hybridized carbons (Fsp3) is 0.714. The van der Waals surface area contributed by atoms with Gasteiger partial charge in [-0.15, -0.1) is 5.06 Å². The molecule has 0 aromatic heterocycles. The minimum atomic E-state index is -0.419. The second-order valence-corrected chi connectivity index (χ2v) is 6.17. The standard InChI is InChI=1S/C14H23NO4/c1-7-12(17)18-11-8-13(3,4)15(19-10(2)16)14(5,6)9-11/h7,11H,1,8-9H2,2-6H3. The highest BCUT2D eigenvalue weighted by molar-refractivity contribution is 5.81. The van der Waals surface area contributed by atoms with E-state index in [0.29, 0.717) is 12.8 Å². The number of carbonyl (C=O) groups is 2. The third-order valence-corrected chi connectivity index (χ3v) is 3.22. The lowest BCUT2D eigenvalue weighted by Gasteiger charge is -2.52. The van der Waals surface area contributed by atoms with E-state index in [1.165, 1.54) is 13.0 Å². The van der Waals surface area contributed by atoms with Gasteiger partial charge in [-0.3, -0.25) is 4.79 Å². The molecule has 0 radical (unpaired) electrons. The Labute approximate surface area is 114 Å². The van der Waals surface area contributed by atoms with E-state index in [2.05, 4.69) is 6.58 Å². The number of hydrogen-bond donors (Lipinski definition) is 0. The van der Waals surface area contributed by atoms with Gasteiger partial charge in [-0.1, -0.05) is 6.58 Å². The molecule has 0 amide bonds. The van der Waals surface area contributed by atoms with Gasteiger partial charge in [0.15, 0.2) is 0 Å². The summed E-state index contributed by atoms with van der Waals surface area (Å²) in [4.78, 5) is 27.9. The fourth-order valence-electron chi connectivity index (χ4n) is 2.84. The molecule has 1 aliphatic rings. The van der Waals surface area contributed by atoms with Gasteiger partial charge in [0, 0.05) is 25.8 Å². The van der Waals surface area contributed by atoms with Crippen LogP contribution in [-0.2, 0) is 19.2 Å². The van der Waals surface area contributed by atoms with E-state index in [1.807, 2.05) is 27.7 Å². The van der Waals surface area contributed by atoms with Crippen molar-refractivity contribution in [3.8, 4) is 0 Å². The first-order valence-electron chi connectivity index (χ1n) is 6.40. The maximum Gasteiger partial charge on any atom is 0.330 e. The molecule has 0 aliphatic carbocycles. The Morgan fingerprint density at radius 2 is 1.68 bits per heavy atom. The summed E-state index contributed by atoms with van der Waals surface area (Å²) in [6, 6.07) is 0. The number of nitrogens with zero attached hydrogens (tertiary/aromatic N) is 1. The van der Waals surface area contributed by atoms with E-state index in [9.17, 15) is 9.59 Å². The second-order valence-electron chi connectivity index (χ2n) is 6.17. The van der Waals surface area contributed by atoms with Gasteiger partial charge in [-0.05, 0) is 27.7 Å². The summed E-state index contributed by atoms with van der Waals surface area (Å²) in [5.41, 5.74) is -0.806. The van der Waals surface area contributed by atoms with Gasteiger partial charge in [-0.25, -0.2) is 4.79 Å². The molecule has 0 aromatic rings. The lowest BCUT2D eigenvalue weighted by atomic mass is 9.80.